The van der Waals surface area contributed by atoms with Gasteiger partial charge in [-0.1, -0.05) is 12.1 Å². The Morgan fingerprint density at radius 1 is 1.19 bits per heavy atom. The van der Waals surface area contributed by atoms with Crippen LogP contribution in [0.25, 0.3) is 0 Å². The van der Waals surface area contributed by atoms with Gasteiger partial charge in [0.1, 0.15) is 5.75 Å². The van der Waals surface area contributed by atoms with Gasteiger partial charge < -0.3 is 24.8 Å². The van der Waals surface area contributed by atoms with Crippen molar-refractivity contribution in [2.24, 2.45) is 4.99 Å². The average Bonchev–Trinajstić information content (AvgIpc) is 2.64. The van der Waals surface area contributed by atoms with E-state index in [1.165, 1.54) is 5.69 Å². The molecule has 1 N–H and O–H groups in total. The monoisotopic (exact) mass is 475 g/mol. The van der Waals surface area contributed by atoms with Crippen molar-refractivity contribution in [3.8, 4) is 5.75 Å². The average molecular weight is 475 g/mol. The van der Waals surface area contributed by atoms with E-state index in [0.717, 1.165) is 63.9 Å². The second-order valence-corrected chi connectivity index (χ2v) is 6.54. The van der Waals surface area contributed by atoms with Gasteiger partial charge in [-0.25, -0.2) is 0 Å². The minimum atomic E-state index is 0. The molecule has 0 atom stereocenters. The number of nitrogens with one attached hydrogen (secondary N) is 1. The predicted octanol–water partition coefficient (Wildman–Crippen LogP) is 2.35. The van der Waals surface area contributed by atoms with Crippen molar-refractivity contribution < 1.29 is 4.74 Å². The van der Waals surface area contributed by atoms with E-state index < -0.39 is 0 Å². The van der Waals surface area contributed by atoms with Crippen LogP contribution in [0, 0.1) is 0 Å². The summed E-state index contributed by atoms with van der Waals surface area (Å²) in [6.45, 7) is 8.86. The molecule has 1 aliphatic heterocycles. The second-order valence-electron chi connectivity index (χ2n) is 6.54. The lowest BCUT2D eigenvalue weighted by atomic mass is 10.2. The van der Waals surface area contributed by atoms with Crippen LogP contribution in [0.2, 0.25) is 0 Å². The molecule has 1 aliphatic rings. The molecule has 0 aliphatic carbocycles. The Morgan fingerprint density at radius 2 is 1.88 bits per heavy atom. The molecule has 1 saturated heterocycles. The Morgan fingerprint density at radius 3 is 2.50 bits per heavy atom. The van der Waals surface area contributed by atoms with Crippen molar-refractivity contribution in [1.29, 1.82) is 0 Å². The maximum Gasteiger partial charge on any atom is 0.194 e. The van der Waals surface area contributed by atoms with Crippen LogP contribution >= 0.6 is 24.0 Å². The van der Waals surface area contributed by atoms with Crippen LogP contribution in [-0.4, -0.2) is 82.8 Å². The molecule has 0 unspecified atom stereocenters. The van der Waals surface area contributed by atoms with Gasteiger partial charge in [0, 0.05) is 39.3 Å². The molecule has 1 fully saturated rings. The minimum absolute atomic E-state index is 0. The molecular formula is C19H34IN5O. The van der Waals surface area contributed by atoms with Gasteiger partial charge in [0.15, 0.2) is 5.96 Å². The number of hydrogen-bond acceptors (Lipinski definition) is 4. The molecular weight excluding hydrogens is 441 g/mol. The number of aliphatic imine (C=N–C) groups is 1. The van der Waals surface area contributed by atoms with Crippen molar-refractivity contribution in [3.63, 3.8) is 0 Å². The number of halogens is 1. The number of ether oxygens (including phenoxy) is 1. The van der Waals surface area contributed by atoms with Crippen molar-refractivity contribution in [3.05, 3.63) is 24.3 Å². The molecule has 0 spiro atoms. The first kappa shape index (κ1) is 22.8. The first-order chi connectivity index (χ1) is 12.2. The highest BCUT2D eigenvalue weighted by molar-refractivity contribution is 14.0. The molecule has 7 heteroatoms. The first-order valence-electron chi connectivity index (χ1n) is 9.21. The lowest BCUT2D eigenvalue weighted by Gasteiger charge is -2.38. The molecule has 0 radical (unpaired) electrons. The zero-order valence-electron chi connectivity index (χ0n) is 16.6. The smallest absolute Gasteiger partial charge is 0.194 e. The lowest BCUT2D eigenvalue weighted by Crippen LogP contribution is -2.52. The van der Waals surface area contributed by atoms with E-state index in [9.17, 15) is 0 Å². The Hall–Kier alpha value is -1.22. The molecule has 0 amide bonds. The van der Waals surface area contributed by atoms with Gasteiger partial charge >= 0.3 is 0 Å². The fourth-order valence-electron chi connectivity index (χ4n) is 3.05. The number of piperazine rings is 1. The number of benzene rings is 1. The molecule has 6 nitrogen and oxygen atoms in total. The van der Waals surface area contributed by atoms with Gasteiger partial charge in [0.2, 0.25) is 0 Å². The quantitative estimate of drug-likeness (QED) is 0.284. The predicted molar refractivity (Wildman–Crippen MR) is 121 cm³/mol. The normalized spacial score (nSPS) is 15.0. The Kier molecular flexibility index (Phi) is 10.7. The summed E-state index contributed by atoms with van der Waals surface area (Å²) in [6.07, 6.45) is 1.09. The van der Waals surface area contributed by atoms with Crippen LogP contribution in [0.4, 0.5) is 5.69 Å². The third-order valence-electron chi connectivity index (χ3n) is 4.36. The molecule has 0 bridgehead atoms. The van der Waals surface area contributed by atoms with E-state index in [1.807, 2.05) is 12.1 Å². The fourth-order valence-corrected chi connectivity index (χ4v) is 3.05. The van der Waals surface area contributed by atoms with E-state index in [4.69, 9.17) is 9.73 Å². The van der Waals surface area contributed by atoms with Crippen LogP contribution in [-0.2, 0) is 0 Å². The van der Waals surface area contributed by atoms with Gasteiger partial charge in [-0.2, -0.15) is 0 Å². The van der Waals surface area contributed by atoms with Crippen molar-refractivity contribution >= 4 is 35.6 Å². The maximum absolute atomic E-state index is 5.50. The molecule has 26 heavy (non-hydrogen) atoms. The number of rotatable bonds is 7. The Bertz CT molecular complexity index is 544. The molecule has 1 heterocycles. The van der Waals surface area contributed by atoms with Crippen molar-refractivity contribution in [2.75, 3.05) is 71.9 Å². The molecule has 148 valence electrons. The van der Waals surface area contributed by atoms with Crippen LogP contribution in [0.5, 0.6) is 5.75 Å². The topological polar surface area (TPSA) is 43.3 Å². The van der Waals surface area contributed by atoms with Crippen LogP contribution in [0.1, 0.15) is 13.3 Å². The first-order valence-corrected chi connectivity index (χ1v) is 9.21. The fraction of sp³-hybridized carbons (Fsp3) is 0.632. The minimum Gasteiger partial charge on any atom is -0.495 e. The number of nitrogens with zero attached hydrogens (tertiary/aromatic N) is 4. The summed E-state index contributed by atoms with van der Waals surface area (Å²) in [7, 11) is 5.94. The zero-order valence-corrected chi connectivity index (χ0v) is 18.9. The van der Waals surface area contributed by atoms with Gasteiger partial charge in [0.25, 0.3) is 0 Å². The van der Waals surface area contributed by atoms with Crippen LogP contribution in [0.15, 0.2) is 29.3 Å². The highest BCUT2D eigenvalue weighted by atomic mass is 127. The molecule has 0 aromatic heterocycles. The van der Waals surface area contributed by atoms with Gasteiger partial charge in [0.05, 0.1) is 12.8 Å². The van der Waals surface area contributed by atoms with Gasteiger partial charge in [-0.05, 0) is 46.1 Å². The standard InChI is InChI=1S/C19H33N5O.HI/c1-5-20-19(21-11-8-12-22(2)3)24-15-13-23(14-16-24)17-9-6-7-10-18(17)25-4;/h6-7,9-10H,5,8,11-16H2,1-4H3,(H,20,21);1H. The lowest BCUT2D eigenvalue weighted by molar-refractivity contribution is 0.365. The van der Waals surface area contributed by atoms with E-state index in [2.05, 4.69) is 53.2 Å². The number of hydrogen-bond donors (Lipinski definition) is 1. The summed E-state index contributed by atoms with van der Waals surface area (Å²) in [5.74, 6) is 1.99. The highest BCUT2D eigenvalue weighted by Gasteiger charge is 2.21. The molecule has 2 rings (SSSR count). The van der Waals surface area contributed by atoms with E-state index in [-0.39, 0.29) is 24.0 Å². The number of anilines is 1. The van der Waals surface area contributed by atoms with E-state index in [0.29, 0.717) is 0 Å². The largest absolute Gasteiger partial charge is 0.495 e. The number of guanidine groups is 1. The Labute approximate surface area is 175 Å². The van der Waals surface area contributed by atoms with Crippen LogP contribution < -0.4 is 15.0 Å². The SMILES string of the molecule is CCNC(=NCCCN(C)C)N1CCN(c2ccccc2OC)CC1.I. The van der Waals surface area contributed by atoms with E-state index in [1.54, 1.807) is 7.11 Å². The number of para-hydroxylation sites is 2. The zero-order chi connectivity index (χ0) is 18.1. The third-order valence-corrected chi connectivity index (χ3v) is 4.36. The summed E-state index contributed by atoms with van der Waals surface area (Å²) in [5, 5.41) is 3.44. The maximum atomic E-state index is 5.50. The molecule has 1 aromatic rings. The van der Waals surface area contributed by atoms with Gasteiger partial charge in [-0.3, -0.25) is 4.99 Å². The third kappa shape index (κ3) is 6.83. The van der Waals surface area contributed by atoms with Crippen LogP contribution in [0.3, 0.4) is 0 Å². The van der Waals surface area contributed by atoms with E-state index >= 15 is 0 Å². The summed E-state index contributed by atoms with van der Waals surface area (Å²) < 4.78 is 5.50. The molecule has 0 saturated carbocycles. The van der Waals surface area contributed by atoms with Crippen molar-refractivity contribution in [2.45, 2.75) is 13.3 Å². The summed E-state index contributed by atoms with van der Waals surface area (Å²) in [6, 6.07) is 8.25. The molecule has 1 aromatic carbocycles. The second kappa shape index (κ2) is 12.2. The summed E-state index contributed by atoms with van der Waals surface area (Å²) >= 11 is 0. The Balaban J connectivity index is 0.00000338. The summed E-state index contributed by atoms with van der Waals surface area (Å²) in [5.41, 5.74) is 1.18. The summed E-state index contributed by atoms with van der Waals surface area (Å²) in [4.78, 5) is 11.8. The highest BCUT2D eigenvalue weighted by Crippen LogP contribution is 2.28. The van der Waals surface area contributed by atoms with Crippen molar-refractivity contribution in [1.82, 2.24) is 15.1 Å². The van der Waals surface area contributed by atoms with Gasteiger partial charge in [-0.15, -0.1) is 24.0 Å². The number of methoxy groups -OCH3 is 1.